The molecule has 1 aromatic rings. The van der Waals surface area contributed by atoms with Crippen molar-refractivity contribution in [2.75, 3.05) is 40.3 Å². The third-order valence-electron chi connectivity index (χ3n) is 4.68. The molecule has 1 aliphatic heterocycles. The van der Waals surface area contributed by atoms with E-state index in [9.17, 15) is 13.2 Å². The number of benzene rings is 1. The Balaban J connectivity index is 2.18. The van der Waals surface area contributed by atoms with E-state index in [1.165, 1.54) is 10.4 Å². The van der Waals surface area contributed by atoms with Crippen LogP contribution in [-0.2, 0) is 10.0 Å². The Labute approximate surface area is 151 Å². The van der Waals surface area contributed by atoms with Gasteiger partial charge in [0.15, 0.2) is 0 Å². The number of hydrogen-bond donors (Lipinski definition) is 1. The second-order valence-electron chi connectivity index (χ2n) is 7.12. The highest BCUT2D eigenvalue weighted by atomic mass is 32.2. The van der Waals surface area contributed by atoms with Crippen molar-refractivity contribution in [3.05, 3.63) is 29.3 Å². The minimum absolute atomic E-state index is 0.199. The van der Waals surface area contributed by atoms with Crippen LogP contribution in [0.2, 0.25) is 0 Å². The summed E-state index contributed by atoms with van der Waals surface area (Å²) in [5, 5.41) is 2.85. The van der Waals surface area contributed by atoms with Crippen LogP contribution in [0.5, 0.6) is 0 Å². The zero-order chi connectivity index (χ0) is 18.6. The molecule has 1 saturated heterocycles. The fourth-order valence-corrected chi connectivity index (χ4v) is 4.37. The van der Waals surface area contributed by atoms with Crippen molar-refractivity contribution < 1.29 is 13.2 Å². The van der Waals surface area contributed by atoms with Gasteiger partial charge in [0.05, 0.1) is 4.90 Å². The van der Waals surface area contributed by atoms with E-state index in [-0.39, 0.29) is 10.8 Å². The Kier molecular flexibility index (Phi) is 6.59. The molecule has 0 bridgehead atoms. The molecule has 0 saturated carbocycles. The van der Waals surface area contributed by atoms with Gasteiger partial charge < -0.3 is 10.2 Å². The minimum atomic E-state index is -3.55. The first-order valence-electron chi connectivity index (χ1n) is 8.75. The molecular formula is C18H29N3O3S. The van der Waals surface area contributed by atoms with E-state index in [0.717, 1.165) is 24.9 Å². The number of amides is 1. The van der Waals surface area contributed by atoms with Crippen molar-refractivity contribution in [3.8, 4) is 0 Å². The summed E-state index contributed by atoms with van der Waals surface area (Å²) in [6, 6.07) is 4.81. The van der Waals surface area contributed by atoms with Crippen molar-refractivity contribution in [3.63, 3.8) is 0 Å². The molecule has 0 atom stereocenters. The Bertz CT molecular complexity index is 708. The lowest BCUT2D eigenvalue weighted by Gasteiger charge is -2.29. The van der Waals surface area contributed by atoms with Crippen LogP contribution < -0.4 is 5.32 Å². The molecule has 0 radical (unpaired) electrons. The summed E-state index contributed by atoms with van der Waals surface area (Å²) in [7, 11) is 0.322. The first kappa shape index (κ1) is 19.9. The number of piperidine rings is 1. The van der Waals surface area contributed by atoms with E-state index in [1.807, 2.05) is 25.9 Å². The number of nitrogens with zero attached hydrogens (tertiary/aromatic N) is 2. The van der Waals surface area contributed by atoms with Gasteiger partial charge >= 0.3 is 0 Å². The molecule has 0 aliphatic carbocycles. The molecule has 1 N–H and O–H groups in total. The highest BCUT2D eigenvalue weighted by molar-refractivity contribution is 7.89. The molecule has 140 valence electrons. The number of carbonyl (C=O) groups is 1. The van der Waals surface area contributed by atoms with E-state index >= 15 is 0 Å². The maximum Gasteiger partial charge on any atom is 0.251 e. The number of hydrogen-bond acceptors (Lipinski definition) is 4. The molecule has 25 heavy (non-hydrogen) atoms. The predicted molar refractivity (Wildman–Crippen MR) is 99.2 cm³/mol. The van der Waals surface area contributed by atoms with Gasteiger partial charge in [-0.3, -0.25) is 4.79 Å². The van der Waals surface area contributed by atoms with E-state index < -0.39 is 10.0 Å². The first-order chi connectivity index (χ1) is 11.7. The molecular weight excluding hydrogens is 338 g/mol. The van der Waals surface area contributed by atoms with Crippen molar-refractivity contribution in [2.45, 2.75) is 31.6 Å². The standard InChI is InChI=1S/C18H29N3O3S/c1-14-7-10-21(11-8-14)25(23,24)16-6-5-15(2)17(13-16)18(22)19-9-12-20(3)4/h5-6,13-14H,7-12H2,1-4H3,(H,19,22). The number of carbonyl (C=O) groups excluding carboxylic acids is 1. The number of aryl methyl sites for hydroxylation is 1. The molecule has 1 fully saturated rings. The van der Waals surface area contributed by atoms with Gasteiger partial charge in [0.2, 0.25) is 10.0 Å². The molecule has 0 aromatic heterocycles. The summed E-state index contributed by atoms with van der Waals surface area (Å²) in [6.07, 6.45) is 1.76. The maximum absolute atomic E-state index is 12.9. The average molecular weight is 368 g/mol. The predicted octanol–water partition coefficient (Wildman–Crippen LogP) is 1.71. The van der Waals surface area contributed by atoms with Crippen molar-refractivity contribution >= 4 is 15.9 Å². The highest BCUT2D eigenvalue weighted by Crippen LogP contribution is 2.24. The Morgan fingerprint density at radius 2 is 1.92 bits per heavy atom. The summed E-state index contributed by atoms with van der Waals surface area (Å²) in [6.45, 7) is 6.30. The van der Waals surface area contributed by atoms with Crippen LogP contribution in [0.1, 0.15) is 35.7 Å². The molecule has 6 nitrogen and oxygen atoms in total. The van der Waals surface area contributed by atoms with Crippen LogP contribution >= 0.6 is 0 Å². The maximum atomic E-state index is 12.9. The van der Waals surface area contributed by atoms with Gasteiger partial charge in [-0.05, 0) is 57.5 Å². The second kappa shape index (κ2) is 8.29. The van der Waals surface area contributed by atoms with Crippen LogP contribution in [0.3, 0.4) is 0 Å². The zero-order valence-electron chi connectivity index (χ0n) is 15.6. The molecule has 1 heterocycles. The lowest BCUT2D eigenvalue weighted by molar-refractivity contribution is 0.0950. The normalized spacial score (nSPS) is 17.0. The molecule has 7 heteroatoms. The number of rotatable bonds is 6. The largest absolute Gasteiger partial charge is 0.351 e. The quantitative estimate of drug-likeness (QED) is 0.831. The molecule has 1 amide bonds. The fraction of sp³-hybridized carbons (Fsp3) is 0.611. The van der Waals surface area contributed by atoms with Gasteiger partial charge in [-0.25, -0.2) is 8.42 Å². The summed E-state index contributed by atoms with van der Waals surface area (Å²) in [4.78, 5) is 14.6. The summed E-state index contributed by atoms with van der Waals surface area (Å²) in [5.41, 5.74) is 1.19. The minimum Gasteiger partial charge on any atom is -0.351 e. The van der Waals surface area contributed by atoms with E-state index in [2.05, 4.69) is 12.2 Å². The third kappa shape index (κ3) is 5.03. The molecule has 2 rings (SSSR count). The second-order valence-corrected chi connectivity index (χ2v) is 9.06. The van der Waals surface area contributed by atoms with Gasteiger partial charge in [0.25, 0.3) is 5.91 Å². The van der Waals surface area contributed by atoms with Gasteiger partial charge in [0.1, 0.15) is 0 Å². The number of nitrogens with one attached hydrogen (secondary N) is 1. The van der Waals surface area contributed by atoms with Gasteiger partial charge in [-0.1, -0.05) is 13.0 Å². The molecule has 1 aliphatic rings. The van der Waals surface area contributed by atoms with E-state index in [1.54, 1.807) is 12.1 Å². The van der Waals surface area contributed by atoms with E-state index in [0.29, 0.717) is 31.1 Å². The summed E-state index contributed by atoms with van der Waals surface area (Å²) in [5.74, 6) is 0.325. The van der Waals surface area contributed by atoms with E-state index in [4.69, 9.17) is 0 Å². The molecule has 1 aromatic carbocycles. The first-order valence-corrected chi connectivity index (χ1v) is 10.2. The van der Waals surface area contributed by atoms with Gasteiger partial charge in [0, 0.05) is 31.7 Å². The fourth-order valence-electron chi connectivity index (χ4n) is 2.87. The number of likely N-dealkylation sites (N-methyl/N-ethyl adjacent to an activating group) is 1. The molecule has 0 spiro atoms. The Hall–Kier alpha value is -1.44. The monoisotopic (exact) mass is 367 g/mol. The lowest BCUT2D eigenvalue weighted by atomic mass is 10.0. The Morgan fingerprint density at radius 1 is 1.28 bits per heavy atom. The van der Waals surface area contributed by atoms with Crippen LogP contribution in [0.15, 0.2) is 23.1 Å². The van der Waals surface area contributed by atoms with Crippen molar-refractivity contribution in [1.29, 1.82) is 0 Å². The van der Waals surface area contributed by atoms with Crippen LogP contribution in [0.25, 0.3) is 0 Å². The molecule has 0 unspecified atom stereocenters. The van der Waals surface area contributed by atoms with Crippen molar-refractivity contribution in [2.24, 2.45) is 5.92 Å². The third-order valence-corrected chi connectivity index (χ3v) is 6.57. The van der Waals surface area contributed by atoms with Crippen LogP contribution in [0.4, 0.5) is 0 Å². The van der Waals surface area contributed by atoms with Gasteiger partial charge in [-0.15, -0.1) is 0 Å². The van der Waals surface area contributed by atoms with Gasteiger partial charge in [-0.2, -0.15) is 4.31 Å². The topological polar surface area (TPSA) is 69.7 Å². The smallest absolute Gasteiger partial charge is 0.251 e. The highest BCUT2D eigenvalue weighted by Gasteiger charge is 2.28. The summed E-state index contributed by atoms with van der Waals surface area (Å²) >= 11 is 0. The number of sulfonamides is 1. The average Bonchev–Trinajstić information content (AvgIpc) is 2.55. The Morgan fingerprint density at radius 3 is 2.52 bits per heavy atom. The van der Waals surface area contributed by atoms with Crippen molar-refractivity contribution in [1.82, 2.24) is 14.5 Å². The summed E-state index contributed by atoms with van der Waals surface area (Å²) < 4.78 is 27.3. The van der Waals surface area contributed by atoms with Crippen LogP contribution in [-0.4, -0.2) is 63.8 Å². The SMILES string of the molecule is Cc1ccc(S(=O)(=O)N2CCC(C)CC2)cc1C(=O)NCCN(C)C. The lowest BCUT2D eigenvalue weighted by Crippen LogP contribution is -2.38. The zero-order valence-corrected chi connectivity index (χ0v) is 16.4. The van der Waals surface area contributed by atoms with Crippen LogP contribution in [0, 0.1) is 12.8 Å².